The summed E-state index contributed by atoms with van der Waals surface area (Å²) in [5.41, 5.74) is -0.401. The lowest BCUT2D eigenvalue weighted by molar-refractivity contribution is -0.140. The third-order valence-electron chi connectivity index (χ3n) is 3.62. The number of halogens is 3. The van der Waals surface area contributed by atoms with Gasteiger partial charge in [-0.1, -0.05) is 0 Å². The molecular weight excluding hydrogens is 317 g/mol. The summed E-state index contributed by atoms with van der Waals surface area (Å²) in [7, 11) is 0. The number of hydrogen-bond donors (Lipinski definition) is 1. The van der Waals surface area contributed by atoms with Crippen LogP contribution in [-0.4, -0.2) is 39.1 Å². The largest absolute Gasteiger partial charge is 0.434 e. The van der Waals surface area contributed by atoms with Crippen molar-refractivity contribution in [2.75, 3.05) is 13.1 Å². The normalized spacial score (nSPS) is 19.4. The van der Waals surface area contributed by atoms with Crippen molar-refractivity contribution in [1.29, 1.82) is 0 Å². The SMILES string of the molecule is O=C(c1cn[nH]c1)N1CCC[C@@H](c2nc(C(F)(F)F)cs2)C1. The Labute approximate surface area is 128 Å². The van der Waals surface area contributed by atoms with Gasteiger partial charge in [0.25, 0.3) is 5.91 Å². The first-order chi connectivity index (χ1) is 10.4. The number of rotatable bonds is 2. The van der Waals surface area contributed by atoms with E-state index in [1.165, 1.54) is 12.4 Å². The zero-order chi connectivity index (χ0) is 15.7. The van der Waals surface area contributed by atoms with Crippen LogP contribution in [-0.2, 0) is 6.18 Å². The molecule has 3 rings (SSSR count). The fourth-order valence-electron chi connectivity index (χ4n) is 2.52. The Morgan fingerprint density at radius 1 is 1.45 bits per heavy atom. The fourth-order valence-corrected chi connectivity index (χ4v) is 3.47. The molecule has 9 heteroatoms. The van der Waals surface area contributed by atoms with E-state index in [-0.39, 0.29) is 11.8 Å². The lowest BCUT2D eigenvalue weighted by Crippen LogP contribution is -2.39. The number of piperidine rings is 1. The highest BCUT2D eigenvalue weighted by Gasteiger charge is 2.35. The molecule has 0 bridgehead atoms. The Kier molecular flexibility index (Phi) is 3.90. The van der Waals surface area contributed by atoms with Gasteiger partial charge in [0.05, 0.1) is 16.8 Å². The lowest BCUT2D eigenvalue weighted by atomic mass is 9.98. The number of thiazole rings is 1. The summed E-state index contributed by atoms with van der Waals surface area (Å²) >= 11 is 1.01. The molecule has 2 aromatic heterocycles. The van der Waals surface area contributed by atoms with Gasteiger partial charge in [-0.2, -0.15) is 18.3 Å². The van der Waals surface area contributed by atoms with Crippen molar-refractivity contribution in [1.82, 2.24) is 20.1 Å². The molecule has 1 N–H and O–H groups in total. The molecule has 1 aliphatic heterocycles. The number of hydrogen-bond acceptors (Lipinski definition) is 4. The maximum absolute atomic E-state index is 12.6. The number of amides is 1. The number of nitrogens with one attached hydrogen (secondary N) is 1. The molecule has 0 aliphatic carbocycles. The number of carbonyl (C=O) groups is 1. The number of H-pyrrole nitrogens is 1. The standard InChI is InChI=1S/C13H13F3N4OS/c14-13(15,16)10-7-22-11(19-10)8-2-1-3-20(6-8)12(21)9-4-17-18-5-9/h4-5,7-8H,1-3,6H2,(H,17,18)/t8-/m1/s1. The van der Waals surface area contributed by atoms with E-state index in [9.17, 15) is 18.0 Å². The van der Waals surface area contributed by atoms with Crippen LogP contribution < -0.4 is 0 Å². The molecular formula is C13H13F3N4OS. The summed E-state index contributed by atoms with van der Waals surface area (Å²) in [6.45, 7) is 0.979. The van der Waals surface area contributed by atoms with Gasteiger partial charge < -0.3 is 4.90 Å². The molecule has 5 nitrogen and oxygen atoms in total. The van der Waals surface area contributed by atoms with E-state index in [0.29, 0.717) is 23.7 Å². The van der Waals surface area contributed by atoms with Crippen LogP contribution in [0.5, 0.6) is 0 Å². The molecule has 1 aliphatic rings. The maximum Gasteiger partial charge on any atom is 0.434 e. The second kappa shape index (κ2) is 5.71. The topological polar surface area (TPSA) is 61.9 Å². The summed E-state index contributed by atoms with van der Waals surface area (Å²) in [6.07, 6.45) is 0.0130. The van der Waals surface area contributed by atoms with Gasteiger partial charge in [-0.3, -0.25) is 9.89 Å². The first-order valence-electron chi connectivity index (χ1n) is 6.76. The van der Waals surface area contributed by atoms with Crippen LogP contribution in [0, 0.1) is 0 Å². The van der Waals surface area contributed by atoms with Gasteiger partial charge in [0.15, 0.2) is 5.69 Å². The molecule has 0 spiro atoms. The predicted molar refractivity (Wildman–Crippen MR) is 73.6 cm³/mol. The van der Waals surface area contributed by atoms with Gasteiger partial charge in [-0.05, 0) is 12.8 Å². The molecule has 1 fully saturated rings. The van der Waals surface area contributed by atoms with E-state index >= 15 is 0 Å². The van der Waals surface area contributed by atoms with Gasteiger partial charge in [0.1, 0.15) is 0 Å². The molecule has 1 saturated heterocycles. The van der Waals surface area contributed by atoms with Crippen molar-refractivity contribution >= 4 is 17.2 Å². The maximum atomic E-state index is 12.6. The Morgan fingerprint density at radius 2 is 2.27 bits per heavy atom. The predicted octanol–water partition coefficient (Wildman–Crippen LogP) is 2.90. The van der Waals surface area contributed by atoms with E-state index in [4.69, 9.17) is 0 Å². The van der Waals surface area contributed by atoms with Crippen LogP contribution in [0.25, 0.3) is 0 Å². The van der Waals surface area contributed by atoms with Gasteiger partial charge in [0.2, 0.25) is 0 Å². The van der Waals surface area contributed by atoms with Crippen molar-refractivity contribution in [2.45, 2.75) is 24.9 Å². The Balaban J connectivity index is 1.73. The molecule has 2 aromatic rings. The van der Waals surface area contributed by atoms with Crippen LogP contribution >= 0.6 is 11.3 Å². The fraction of sp³-hybridized carbons (Fsp3) is 0.462. The number of aromatic nitrogens is 3. The minimum absolute atomic E-state index is 0.147. The molecule has 22 heavy (non-hydrogen) atoms. The number of alkyl halides is 3. The van der Waals surface area contributed by atoms with Crippen LogP contribution in [0.2, 0.25) is 0 Å². The summed E-state index contributed by atoms with van der Waals surface area (Å²) in [4.78, 5) is 17.6. The Hall–Kier alpha value is -1.90. The summed E-state index contributed by atoms with van der Waals surface area (Å²) in [5, 5.41) is 7.79. The van der Waals surface area contributed by atoms with Crippen LogP contribution in [0.3, 0.4) is 0 Å². The zero-order valence-electron chi connectivity index (χ0n) is 11.4. The third kappa shape index (κ3) is 2.99. The van der Waals surface area contributed by atoms with Gasteiger partial charge in [-0.25, -0.2) is 4.98 Å². The van der Waals surface area contributed by atoms with Crippen LogP contribution in [0.4, 0.5) is 13.2 Å². The number of aromatic amines is 1. The number of carbonyl (C=O) groups excluding carboxylic acids is 1. The smallest absolute Gasteiger partial charge is 0.338 e. The molecule has 0 radical (unpaired) electrons. The first-order valence-corrected chi connectivity index (χ1v) is 7.64. The summed E-state index contributed by atoms with van der Waals surface area (Å²) in [6, 6.07) is 0. The van der Waals surface area contributed by atoms with Crippen molar-refractivity contribution in [3.63, 3.8) is 0 Å². The molecule has 0 aromatic carbocycles. The highest BCUT2D eigenvalue weighted by molar-refractivity contribution is 7.09. The van der Waals surface area contributed by atoms with E-state index in [1.54, 1.807) is 4.90 Å². The quantitative estimate of drug-likeness (QED) is 0.921. The summed E-state index contributed by atoms with van der Waals surface area (Å²) in [5.74, 6) is -0.309. The zero-order valence-corrected chi connectivity index (χ0v) is 12.2. The first kappa shape index (κ1) is 15.0. The average molecular weight is 330 g/mol. The van der Waals surface area contributed by atoms with Gasteiger partial charge in [0, 0.05) is 30.6 Å². The Bertz CT molecular complexity index is 653. The van der Waals surface area contributed by atoms with Crippen LogP contribution in [0.15, 0.2) is 17.8 Å². The molecule has 0 saturated carbocycles. The highest BCUT2D eigenvalue weighted by Crippen LogP contribution is 2.35. The molecule has 3 heterocycles. The third-order valence-corrected chi connectivity index (χ3v) is 4.62. The minimum atomic E-state index is -4.42. The number of likely N-dealkylation sites (tertiary alicyclic amines) is 1. The van der Waals surface area contributed by atoms with Crippen molar-refractivity contribution in [3.8, 4) is 0 Å². The molecule has 1 amide bonds. The van der Waals surface area contributed by atoms with E-state index < -0.39 is 11.9 Å². The highest BCUT2D eigenvalue weighted by atomic mass is 32.1. The monoisotopic (exact) mass is 330 g/mol. The summed E-state index contributed by atoms with van der Waals surface area (Å²) < 4.78 is 37.9. The molecule has 1 atom stereocenters. The van der Waals surface area contributed by atoms with E-state index in [2.05, 4.69) is 15.2 Å². The molecule has 118 valence electrons. The van der Waals surface area contributed by atoms with Gasteiger partial charge in [-0.15, -0.1) is 11.3 Å². The van der Waals surface area contributed by atoms with Crippen molar-refractivity contribution in [3.05, 3.63) is 34.0 Å². The van der Waals surface area contributed by atoms with Gasteiger partial charge >= 0.3 is 6.18 Å². The van der Waals surface area contributed by atoms with E-state index in [1.807, 2.05) is 0 Å². The Morgan fingerprint density at radius 3 is 2.91 bits per heavy atom. The van der Waals surface area contributed by atoms with Crippen molar-refractivity contribution < 1.29 is 18.0 Å². The van der Waals surface area contributed by atoms with Crippen LogP contribution in [0.1, 0.15) is 39.8 Å². The van der Waals surface area contributed by atoms with Crippen molar-refractivity contribution in [2.24, 2.45) is 0 Å². The lowest BCUT2D eigenvalue weighted by Gasteiger charge is -2.31. The average Bonchev–Trinajstić information content (AvgIpc) is 3.17. The minimum Gasteiger partial charge on any atom is -0.338 e. The van der Waals surface area contributed by atoms with E-state index in [0.717, 1.165) is 29.6 Å². The second-order valence-electron chi connectivity index (χ2n) is 5.15. The second-order valence-corrected chi connectivity index (χ2v) is 6.04. The molecule has 0 unspecified atom stereocenters. The number of nitrogens with zero attached hydrogens (tertiary/aromatic N) is 3.